The van der Waals surface area contributed by atoms with E-state index in [2.05, 4.69) is 5.32 Å². The van der Waals surface area contributed by atoms with E-state index in [0.717, 1.165) is 18.4 Å². The second kappa shape index (κ2) is 5.96. The molecule has 0 saturated carbocycles. The Labute approximate surface area is 108 Å². The number of hydrogen-bond acceptors (Lipinski definition) is 2. The van der Waals surface area contributed by atoms with Crippen molar-refractivity contribution in [1.82, 2.24) is 5.32 Å². The van der Waals surface area contributed by atoms with Crippen molar-refractivity contribution in [3.05, 3.63) is 35.1 Å². The number of carbonyl (C=O) groups is 1. The second-order valence-electron chi connectivity index (χ2n) is 4.74. The highest BCUT2D eigenvalue weighted by atomic mass is 19.1. The van der Waals surface area contributed by atoms with Crippen LogP contribution in [0.5, 0.6) is 0 Å². The number of hydrogen-bond donors (Lipinski definition) is 2. The zero-order chi connectivity index (χ0) is 13.8. The van der Waals surface area contributed by atoms with E-state index in [1.54, 1.807) is 13.0 Å². The van der Waals surface area contributed by atoms with Crippen molar-refractivity contribution in [1.29, 1.82) is 0 Å². The molecule has 18 heavy (non-hydrogen) atoms. The Morgan fingerprint density at radius 2 is 2.00 bits per heavy atom. The second-order valence-corrected chi connectivity index (χ2v) is 4.74. The molecule has 3 nitrogen and oxygen atoms in total. The number of nitrogens with one attached hydrogen (secondary N) is 1. The zero-order valence-electron chi connectivity index (χ0n) is 11.2. The van der Waals surface area contributed by atoms with Gasteiger partial charge in [0, 0.05) is 12.1 Å². The number of carbonyl (C=O) groups excluding carboxylic acids is 1. The quantitative estimate of drug-likeness (QED) is 0.845. The highest BCUT2D eigenvalue weighted by Crippen LogP contribution is 2.12. The topological polar surface area (TPSA) is 55.1 Å². The molecule has 1 amide bonds. The molecule has 1 aromatic carbocycles. The minimum absolute atomic E-state index is 0.0650. The first-order valence-corrected chi connectivity index (χ1v) is 6.25. The summed E-state index contributed by atoms with van der Waals surface area (Å²) in [6.45, 7) is 6.08. The Kier molecular flexibility index (Phi) is 4.84. The molecule has 0 bridgehead atoms. The fraction of sp³-hybridized carbons (Fsp3) is 0.500. The van der Waals surface area contributed by atoms with Crippen molar-refractivity contribution in [3.8, 4) is 0 Å². The van der Waals surface area contributed by atoms with Gasteiger partial charge in [0.15, 0.2) is 0 Å². The highest BCUT2D eigenvalue weighted by Gasteiger charge is 2.22. The summed E-state index contributed by atoms with van der Waals surface area (Å²) in [6.07, 6.45) is 1.53. The van der Waals surface area contributed by atoms with Crippen molar-refractivity contribution in [2.45, 2.75) is 39.2 Å². The van der Waals surface area contributed by atoms with Crippen LogP contribution in [0, 0.1) is 12.7 Å². The number of aryl methyl sites for hydroxylation is 1. The maximum atomic E-state index is 13.6. The molecule has 0 aromatic heterocycles. The van der Waals surface area contributed by atoms with E-state index in [0.29, 0.717) is 6.54 Å². The number of amides is 1. The molecule has 0 radical (unpaired) electrons. The van der Waals surface area contributed by atoms with Gasteiger partial charge in [0.2, 0.25) is 0 Å². The minimum Gasteiger partial charge on any atom is -0.350 e. The summed E-state index contributed by atoms with van der Waals surface area (Å²) in [5.74, 6) is -0.910. The van der Waals surface area contributed by atoms with E-state index in [1.807, 2.05) is 13.8 Å². The van der Waals surface area contributed by atoms with E-state index in [1.165, 1.54) is 12.1 Å². The van der Waals surface area contributed by atoms with Gasteiger partial charge in [0.25, 0.3) is 5.91 Å². The molecule has 0 aliphatic heterocycles. The van der Waals surface area contributed by atoms with E-state index in [9.17, 15) is 9.18 Å². The lowest BCUT2D eigenvalue weighted by Gasteiger charge is -2.26. The Morgan fingerprint density at radius 1 is 1.39 bits per heavy atom. The predicted molar refractivity (Wildman–Crippen MR) is 71.0 cm³/mol. The molecule has 0 fully saturated rings. The SMILES string of the molecule is CCC(N)(CC)CNC(=O)c1ccc(C)cc1F. The van der Waals surface area contributed by atoms with E-state index in [-0.39, 0.29) is 5.56 Å². The minimum atomic E-state index is -0.497. The third kappa shape index (κ3) is 3.53. The normalized spacial score (nSPS) is 11.4. The van der Waals surface area contributed by atoms with E-state index >= 15 is 0 Å². The summed E-state index contributed by atoms with van der Waals surface area (Å²) in [4.78, 5) is 11.8. The number of halogens is 1. The van der Waals surface area contributed by atoms with Gasteiger partial charge in [-0.1, -0.05) is 19.9 Å². The van der Waals surface area contributed by atoms with Crippen LogP contribution in [0.15, 0.2) is 18.2 Å². The van der Waals surface area contributed by atoms with Crippen molar-refractivity contribution in [3.63, 3.8) is 0 Å². The lowest BCUT2D eigenvalue weighted by Crippen LogP contribution is -2.49. The van der Waals surface area contributed by atoms with E-state index < -0.39 is 17.3 Å². The Hall–Kier alpha value is -1.42. The molecule has 0 atom stereocenters. The lowest BCUT2D eigenvalue weighted by atomic mass is 9.94. The van der Waals surface area contributed by atoms with Crippen LogP contribution in [0.25, 0.3) is 0 Å². The first kappa shape index (κ1) is 14.6. The standard InChI is InChI=1S/C14H21FN2O/c1-4-14(16,5-2)9-17-13(18)11-7-6-10(3)8-12(11)15/h6-8H,4-5,9,16H2,1-3H3,(H,17,18). The summed E-state index contributed by atoms with van der Waals surface area (Å²) in [5.41, 5.74) is 6.51. The van der Waals surface area contributed by atoms with Gasteiger partial charge in [-0.05, 0) is 37.5 Å². The van der Waals surface area contributed by atoms with Crippen molar-refractivity contribution in [2.75, 3.05) is 6.54 Å². The van der Waals surface area contributed by atoms with Crippen molar-refractivity contribution < 1.29 is 9.18 Å². The third-order valence-electron chi connectivity index (χ3n) is 3.38. The van der Waals surface area contributed by atoms with Crippen LogP contribution in [0.4, 0.5) is 4.39 Å². The Morgan fingerprint density at radius 3 is 2.50 bits per heavy atom. The van der Waals surface area contributed by atoms with Gasteiger partial charge in [-0.15, -0.1) is 0 Å². The lowest BCUT2D eigenvalue weighted by molar-refractivity contribution is 0.0938. The zero-order valence-corrected chi connectivity index (χ0v) is 11.2. The van der Waals surface area contributed by atoms with E-state index in [4.69, 9.17) is 5.73 Å². The molecular weight excluding hydrogens is 231 g/mol. The first-order valence-electron chi connectivity index (χ1n) is 6.25. The molecule has 1 aromatic rings. The van der Waals surface area contributed by atoms with Crippen LogP contribution in [0.3, 0.4) is 0 Å². The molecule has 100 valence electrons. The number of benzene rings is 1. The van der Waals surface area contributed by atoms with Gasteiger partial charge < -0.3 is 11.1 Å². The van der Waals surface area contributed by atoms with Gasteiger partial charge in [-0.3, -0.25) is 4.79 Å². The highest BCUT2D eigenvalue weighted by molar-refractivity contribution is 5.94. The fourth-order valence-corrected chi connectivity index (χ4v) is 1.66. The molecule has 0 spiro atoms. The summed E-state index contributed by atoms with van der Waals surface area (Å²) in [6, 6.07) is 4.56. The van der Waals surface area contributed by atoms with Crippen molar-refractivity contribution in [2.24, 2.45) is 5.73 Å². The van der Waals surface area contributed by atoms with Crippen LogP contribution in [0.1, 0.15) is 42.6 Å². The molecule has 4 heteroatoms. The fourth-order valence-electron chi connectivity index (χ4n) is 1.66. The third-order valence-corrected chi connectivity index (χ3v) is 3.38. The van der Waals surface area contributed by atoms with Crippen LogP contribution >= 0.6 is 0 Å². The summed E-state index contributed by atoms with van der Waals surface area (Å²) < 4.78 is 13.6. The molecule has 1 rings (SSSR count). The Balaban J connectivity index is 2.71. The average molecular weight is 252 g/mol. The monoisotopic (exact) mass is 252 g/mol. The molecule has 0 unspecified atom stereocenters. The maximum Gasteiger partial charge on any atom is 0.254 e. The smallest absolute Gasteiger partial charge is 0.254 e. The molecule has 3 N–H and O–H groups in total. The summed E-state index contributed by atoms with van der Waals surface area (Å²) in [5, 5.41) is 2.70. The van der Waals surface area contributed by atoms with Gasteiger partial charge in [-0.2, -0.15) is 0 Å². The van der Waals surface area contributed by atoms with Crippen LogP contribution in [0.2, 0.25) is 0 Å². The molecule has 0 aliphatic rings. The van der Waals surface area contributed by atoms with Crippen LogP contribution in [-0.4, -0.2) is 18.0 Å². The summed E-state index contributed by atoms with van der Waals surface area (Å²) in [7, 11) is 0. The maximum absolute atomic E-state index is 13.6. The predicted octanol–water partition coefficient (Wildman–Crippen LogP) is 2.38. The largest absolute Gasteiger partial charge is 0.350 e. The summed E-state index contributed by atoms with van der Waals surface area (Å²) >= 11 is 0. The van der Waals surface area contributed by atoms with Crippen LogP contribution < -0.4 is 11.1 Å². The van der Waals surface area contributed by atoms with Crippen molar-refractivity contribution >= 4 is 5.91 Å². The number of nitrogens with two attached hydrogens (primary N) is 1. The Bertz CT molecular complexity index is 428. The van der Waals surface area contributed by atoms with Gasteiger partial charge in [0.1, 0.15) is 5.82 Å². The van der Waals surface area contributed by atoms with Gasteiger partial charge in [0.05, 0.1) is 5.56 Å². The molecule has 0 heterocycles. The van der Waals surface area contributed by atoms with Gasteiger partial charge in [-0.25, -0.2) is 4.39 Å². The van der Waals surface area contributed by atoms with Gasteiger partial charge >= 0.3 is 0 Å². The molecule has 0 aliphatic carbocycles. The molecular formula is C14H21FN2O. The van der Waals surface area contributed by atoms with Crippen LogP contribution in [-0.2, 0) is 0 Å². The first-order chi connectivity index (χ1) is 8.41. The number of rotatable bonds is 5. The molecule has 0 saturated heterocycles. The average Bonchev–Trinajstić information content (AvgIpc) is 2.35.